The molecule has 152 valence electrons. The summed E-state index contributed by atoms with van der Waals surface area (Å²) >= 11 is 11.4. The van der Waals surface area contributed by atoms with Crippen LogP contribution in [0, 0.1) is 15.9 Å². The third kappa shape index (κ3) is 4.72. The Balaban J connectivity index is 1.60. The summed E-state index contributed by atoms with van der Waals surface area (Å²) in [5, 5.41) is 23.3. The maximum Gasteiger partial charge on any atom is 0.337 e. The van der Waals surface area contributed by atoms with Crippen LogP contribution in [0.1, 0.15) is 10.4 Å². The van der Waals surface area contributed by atoms with Crippen molar-refractivity contribution in [2.45, 2.75) is 0 Å². The van der Waals surface area contributed by atoms with E-state index in [0.29, 0.717) is 42.7 Å². The van der Waals surface area contributed by atoms with E-state index >= 15 is 0 Å². The van der Waals surface area contributed by atoms with Gasteiger partial charge in [-0.25, -0.2) is 9.18 Å². The highest BCUT2D eigenvalue weighted by molar-refractivity contribution is 7.80. The Bertz CT molecular complexity index is 982. The van der Waals surface area contributed by atoms with Crippen LogP contribution in [-0.2, 0) is 0 Å². The van der Waals surface area contributed by atoms with E-state index < -0.39 is 16.7 Å². The van der Waals surface area contributed by atoms with Crippen LogP contribution >= 0.6 is 23.8 Å². The van der Waals surface area contributed by atoms with Crippen LogP contribution in [0.25, 0.3) is 0 Å². The lowest BCUT2D eigenvalue weighted by Gasteiger charge is -2.37. The molecule has 1 saturated heterocycles. The van der Waals surface area contributed by atoms with Crippen LogP contribution < -0.4 is 10.2 Å². The summed E-state index contributed by atoms with van der Waals surface area (Å²) in [6, 6.07) is 8.06. The second kappa shape index (κ2) is 8.58. The van der Waals surface area contributed by atoms with Crippen molar-refractivity contribution in [3.8, 4) is 0 Å². The maximum absolute atomic E-state index is 14.2. The van der Waals surface area contributed by atoms with Gasteiger partial charge in [-0.1, -0.05) is 11.6 Å². The minimum atomic E-state index is -1.11. The van der Waals surface area contributed by atoms with Crippen LogP contribution in [0.5, 0.6) is 0 Å². The van der Waals surface area contributed by atoms with E-state index in [9.17, 15) is 19.3 Å². The van der Waals surface area contributed by atoms with Gasteiger partial charge in [0.25, 0.3) is 5.69 Å². The molecule has 8 nitrogen and oxygen atoms in total. The number of nitro groups is 1. The Labute approximate surface area is 175 Å². The van der Waals surface area contributed by atoms with Gasteiger partial charge in [0.2, 0.25) is 0 Å². The number of benzene rings is 2. The zero-order chi connectivity index (χ0) is 21.1. The van der Waals surface area contributed by atoms with E-state index in [2.05, 4.69) is 5.32 Å². The predicted octanol–water partition coefficient (Wildman–Crippen LogP) is 3.60. The number of anilines is 2. The van der Waals surface area contributed by atoms with E-state index in [-0.39, 0.29) is 16.3 Å². The Hall–Kier alpha value is -2.98. The number of aromatic carboxylic acids is 1. The minimum Gasteiger partial charge on any atom is -0.478 e. The van der Waals surface area contributed by atoms with Gasteiger partial charge in [-0.2, -0.15) is 0 Å². The van der Waals surface area contributed by atoms with E-state index in [1.165, 1.54) is 24.3 Å². The summed E-state index contributed by atoms with van der Waals surface area (Å²) in [7, 11) is 0. The average molecular weight is 439 g/mol. The van der Waals surface area contributed by atoms with Gasteiger partial charge in [0.05, 0.1) is 27.3 Å². The predicted molar refractivity (Wildman–Crippen MR) is 111 cm³/mol. The first-order valence-electron chi connectivity index (χ1n) is 8.54. The van der Waals surface area contributed by atoms with Gasteiger partial charge >= 0.3 is 5.97 Å². The summed E-state index contributed by atoms with van der Waals surface area (Å²) in [6.07, 6.45) is 0. The minimum absolute atomic E-state index is 0.00174. The van der Waals surface area contributed by atoms with Crippen molar-refractivity contribution in [1.82, 2.24) is 4.90 Å². The van der Waals surface area contributed by atoms with Crippen LogP contribution in [0.3, 0.4) is 0 Å². The van der Waals surface area contributed by atoms with Gasteiger partial charge in [-0.15, -0.1) is 0 Å². The molecule has 1 heterocycles. The highest BCUT2D eigenvalue weighted by atomic mass is 35.5. The van der Waals surface area contributed by atoms with Crippen molar-refractivity contribution < 1.29 is 19.2 Å². The lowest BCUT2D eigenvalue weighted by molar-refractivity contribution is -0.385. The number of piperazine rings is 1. The Morgan fingerprint density at radius 2 is 1.90 bits per heavy atom. The maximum atomic E-state index is 14.2. The topological polar surface area (TPSA) is 99.0 Å². The fourth-order valence-electron chi connectivity index (χ4n) is 2.99. The Kier molecular flexibility index (Phi) is 6.14. The van der Waals surface area contributed by atoms with Crippen LogP contribution in [0.15, 0.2) is 36.4 Å². The summed E-state index contributed by atoms with van der Waals surface area (Å²) in [4.78, 5) is 24.8. The van der Waals surface area contributed by atoms with Crippen LogP contribution in [-0.4, -0.2) is 52.2 Å². The lowest BCUT2D eigenvalue weighted by Crippen LogP contribution is -2.50. The number of carbonyl (C=O) groups is 1. The number of non-ortho nitro benzene ring substituents is 1. The fraction of sp³-hybridized carbons (Fsp3) is 0.222. The summed E-state index contributed by atoms with van der Waals surface area (Å²) < 4.78 is 14.2. The molecule has 29 heavy (non-hydrogen) atoms. The normalized spacial score (nSPS) is 13.9. The number of carboxylic acids is 1. The molecule has 1 fully saturated rings. The molecule has 0 aliphatic carbocycles. The largest absolute Gasteiger partial charge is 0.478 e. The number of nitrogens with zero attached hydrogens (tertiary/aromatic N) is 3. The molecule has 11 heteroatoms. The molecule has 0 amide bonds. The molecule has 0 unspecified atom stereocenters. The lowest BCUT2D eigenvalue weighted by atomic mass is 10.2. The molecule has 0 atom stereocenters. The summed E-state index contributed by atoms with van der Waals surface area (Å²) in [5.41, 5.74) is 0.587. The number of hydrogen-bond donors (Lipinski definition) is 2. The van der Waals surface area contributed by atoms with Gasteiger partial charge in [0, 0.05) is 37.9 Å². The first-order valence-corrected chi connectivity index (χ1v) is 9.32. The quantitative estimate of drug-likeness (QED) is 0.424. The van der Waals surface area contributed by atoms with Crippen LogP contribution in [0.2, 0.25) is 5.02 Å². The molecule has 1 aliphatic rings. The molecule has 2 aromatic carbocycles. The van der Waals surface area contributed by atoms with Gasteiger partial charge in [0.1, 0.15) is 0 Å². The number of nitro benzene ring substituents is 1. The molecule has 0 aromatic heterocycles. The van der Waals surface area contributed by atoms with E-state index in [0.717, 1.165) is 6.07 Å². The first-order chi connectivity index (χ1) is 13.8. The number of halogens is 2. The SMILES string of the molecule is O=C(O)c1ccc(NC(=S)N2CCN(c3ccc([N+](=O)[O-])cc3F)CC2)cc1Cl. The summed E-state index contributed by atoms with van der Waals surface area (Å²) in [5.74, 6) is -1.75. The summed E-state index contributed by atoms with van der Waals surface area (Å²) in [6.45, 7) is 2.00. The molecule has 3 rings (SSSR count). The third-order valence-electron chi connectivity index (χ3n) is 4.50. The van der Waals surface area contributed by atoms with Gasteiger partial charge in [-0.05, 0) is 36.5 Å². The van der Waals surface area contributed by atoms with Gasteiger partial charge in [0.15, 0.2) is 10.9 Å². The van der Waals surface area contributed by atoms with E-state index in [4.69, 9.17) is 28.9 Å². The van der Waals surface area contributed by atoms with Crippen molar-refractivity contribution >= 4 is 52.0 Å². The number of rotatable bonds is 4. The fourth-order valence-corrected chi connectivity index (χ4v) is 3.55. The molecule has 0 bridgehead atoms. The number of carboxylic acid groups (broad SMARTS) is 1. The first kappa shape index (κ1) is 20.7. The smallest absolute Gasteiger partial charge is 0.337 e. The second-order valence-electron chi connectivity index (χ2n) is 6.30. The van der Waals surface area contributed by atoms with E-state index in [1.54, 1.807) is 11.0 Å². The average Bonchev–Trinajstić information content (AvgIpc) is 2.67. The standard InChI is InChI=1S/C18H16ClFN4O4S/c19-14-9-11(1-3-13(14)17(25)26)21-18(29)23-7-5-22(6-8-23)16-4-2-12(24(27)28)10-15(16)20/h1-4,9-10H,5-8H2,(H,21,29)(H,25,26). The van der Waals surface area contributed by atoms with Gasteiger partial charge in [-0.3, -0.25) is 10.1 Å². The number of hydrogen-bond acceptors (Lipinski definition) is 5. The van der Waals surface area contributed by atoms with Gasteiger partial charge < -0.3 is 20.2 Å². The Morgan fingerprint density at radius 1 is 1.21 bits per heavy atom. The molecular weight excluding hydrogens is 423 g/mol. The molecule has 0 radical (unpaired) electrons. The molecule has 2 aromatic rings. The molecule has 2 N–H and O–H groups in total. The number of nitrogens with one attached hydrogen (secondary N) is 1. The highest BCUT2D eigenvalue weighted by Crippen LogP contribution is 2.25. The van der Waals surface area contributed by atoms with Crippen molar-refractivity contribution in [2.24, 2.45) is 0 Å². The van der Waals surface area contributed by atoms with Crippen molar-refractivity contribution in [2.75, 3.05) is 36.4 Å². The molecular formula is C18H16ClFN4O4S. The molecule has 0 spiro atoms. The zero-order valence-corrected chi connectivity index (χ0v) is 16.5. The van der Waals surface area contributed by atoms with Crippen molar-refractivity contribution in [3.63, 3.8) is 0 Å². The zero-order valence-electron chi connectivity index (χ0n) is 15.0. The van der Waals surface area contributed by atoms with Crippen molar-refractivity contribution in [3.05, 3.63) is 62.9 Å². The third-order valence-corrected chi connectivity index (χ3v) is 5.17. The Morgan fingerprint density at radius 3 is 2.45 bits per heavy atom. The van der Waals surface area contributed by atoms with Crippen LogP contribution in [0.4, 0.5) is 21.5 Å². The molecule has 1 aliphatic heterocycles. The number of thiocarbonyl (C=S) groups is 1. The van der Waals surface area contributed by atoms with E-state index in [1.807, 2.05) is 4.90 Å². The molecule has 0 saturated carbocycles. The highest BCUT2D eigenvalue weighted by Gasteiger charge is 2.22. The monoisotopic (exact) mass is 438 g/mol. The second-order valence-corrected chi connectivity index (χ2v) is 7.09. The van der Waals surface area contributed by atoms with Crippen molar-refractivity contribution in [1.29, 1.82) is 0 Å².